The van der Waals surface area contributed by atoms with Crippen molar-refractivity contribution in [3.05, 3.63) is 51.0 Å². The van der Waals surface area contributed by atoms with E-state index in [9.17, 15) is 14.4 Å². The Morgan fingerprint density at radius 1 is 1.17 bits per heavy atom. The van der Waals surface area contributed by atoms with Crippen LogP contribution in [-0.4, -0.2) is 38.0 Å². The molecule has 2 aromatic rings. The summed E-state index contributed by atoms with van der Waals surface area (Å²) < 4.78 is 10.9. The summed E-state index contributed by atoms with van der Waals surface area (Å²) >= 11 is 9.25. The molecule has 2 rings (SSSR count). The quantitative estimate of drug-likeness (QED) is 0.411. The summed E-state index contributed by atoms with van der Waals surface area (Å²) in [7, 11) is 1.36. The van der Waals surface area contributed by atoms with Gasteiger partial charge in [0.1, 0.15) is 11.3 Å². The van der Waals surface area contributed by atoms with Crippen molar-refractivity contribution < 1.29 is 23.9 Å². The average Bonchev–Trinajstić information content (AvgIpc) is 2.68. The maximum atomic E-state index is 12.2. The van der Waals surface area contributed by atoms with Gasteiger partial charge in [0, 0.05) is 16.2 Å². The first kappa shape index (κ1) is 22.5. The highest BCUT2D eigenvalue weighted by molar-refractivity contribution is 9.10. The number of esters is 1. The highest BCUT2D eigenvalue weighted by Gasteiger charge is 2.18. The van der Waals surface area contributed by atoms with Crippen LogP contribution in [0.25, 0.3) is 0 Å². The second kappa shape index (κ2) is 10.1. The summed E-state index contributed by atoms with van der Waals surface area (Å²) in [6.45, 7) is 0.994. The molecule has 2 aromatic carbocycles. The molecule has 0 unspecified atom stereocenters. The number of methoxy groups -OCH3 is 1. The van der Waals surface area contributed by atoms with Crippen molar-refractivity contribution in [1.29, 1.82) is 0 Å². The van der Waals surface area contributed by atoms with E-state index in [2.05, 4.69) is 26.6 Å². The smallest absolute Gasteiger partial charge is 0.342 e. The largest absolute Gasteiger partial charge is 0.496 e. The Balaban J connectivity index is 1.84. The Kier molecular flexibility index (Phi) is 7.86. The third kappa shape index (κ3) is 6.37. The number of benzene rings is 2. The van der Waals surface area contributed by atoms with E-state index in [1.807, 2.05) is 13.0 Å². The van der Waals surface area contributed by atoms with Gasteiger partial charge in [-0.25, -0.2) is 4.79 Å². The van der Waals surface area contributed by atoms with Gasteiger partial charge in [0.25, 0.3) is 5.91 Å². The second-order valence-corrected chi connectivity index (χ2v) is 7.26. The van der Waals surface area contributed by atoms with Crippen molar-refractivity contribution in [2.75, 3.05) is 31.3 Å². The maximum absolute atomic E-state index is 12.2. The molecule has 0 atom stereocenters. The number of hydrogen-bond acceptors (Lipinski definition) is 6. The molecule has 0 aliphatic rings. The Morgan fingerprint density at radius 2 is 1.90 bits per heavy atom. The van der Waals surface area contributed by atoms with Gasteiger partial charge in [-0.2, -0.15) is 0 Å². The third-order valence-electron chi connectivity index (χ3n) is 3.78. The second-order valence-electron chi connectivity index (χ2n) is 5.93. The molecule has 0 spiro atoms. The van der Waals surface area contributed by atoms with Gasteiger partial charge in [-0.15, -0.1) is 0 Å². The first-order chi connectivity index (χ1) is 13.7. The van der Waals surface area contributed by atoms with Gasteiger partial charge in [0.05, 0.1) is 24.4 Å². The lowest BCUT2D eigenvalue weighted by atomic mass is 10.2. The van der Waals surface area contributed by atoms with E-state index in [0.717, 1.165) is 10.0 Å². The molecule has 0 heterocycles. The lowest BCUT2D eigenvalue weighted by Gasteiger charge is -2.11. The molecule has 10 heteroatoms. The normalized spacial score (nSPS) is 10.2. The fourth-order valence-corrected chi connectivity index (χ4v) is 2.94. The van der Waals surface area contributed by atoms with Crippen LogP contribution < -0.4 is 21.1 Å². The number of nitrogens with one attached hydrogen (secondary N) is 2. The van der Waals surface area contributed by atoms with Gasteiger partial charge in [-0.05, 0) is 36.8 Å². The van der Waals surface area contributed by atoms with Crippen molar-refractivity contribution in [2.45, 2.75) is 6.92 Å². The maximum Gasteiger partial charge on any atom is 0.342 e. The number of anilines is 2. The molecule has 0 aliphatic heterocycles. The van der Waals surface area contributed by atoms with Crippen LogP contribution in [0.5, 0.6) is 5.75 Å². The first-order valence-electron chi connectivity index (χ1n) is 8.34. The molecule has 154 valence electrons. The van der Waals surface area contributed by atoms with Crippen molar-refractivity contribution in [2.24, 2.45) is 0 Å². The number of carbonyl (C=O) groups is 3. The van der Waals surface area contributed by atoms with E-state index in [4.69, 9.17) is 26.8 Å². The number of amides is 2. The van der Waals surface area contributed by atoms with Gasteiger partial charge in [0.2, 0.25) is 5.91 Å². The number of ether oxygens (including phenoxy) is 2. The predicted octanol–water partition coefficient (Wildman–Crippen LogP) is 2.91. The van der Waals surface area contributed by atoms with E-state index in [1.165, 1.54) is 19.2 Å². The molecule has 0 fully saturated rings. The molecule has 0 aliphatic carbocycles. The Bertz CT molecular complexity index is 952. The van der Waals surface area contributed by atoms with Crippen molar-refractivity contribution in [3.63, 3.8) is 0 Å². The average molecular weight is 485 g/mol. The van der Waals surface area contributed by atoms with Crippen LogP contribution in [0, 0.1) is 6.92 Å². The van der Waals surface area contributed by atoms with Crippen molar-refractivity contribution in [1.82, 2.24) is 5.32 Å². The van der Waals surface area contributed by atoms with Crippen LogP contribution in [-0.2, 0) is 14.3 Å². The third-order valence-corrected chi connectivity index (χ3v) is 4.60. The highest BCUT2D eigenvalue weighted by atomic mass is 79.9. The molecular weight excluding hydrogens is 466 g/mol. The van der Waals surface area contributed by atoms with E-state index >= 15 is 0 Å². The molecule has 2 amide bonds. The van der Waals surface area contributed by atoms with Crippen LogP contribution in [0.15, 0.2) is 34.8 Å². The SMILES string of the molecule is COc1cc(N)c(Cl)cc1C(=O)OCC(=O)NCC(=O)Nc1ccc(Br)cc1C. The molecule has 4 N–H and O–H groups in total. The minimum absolute atomic E-state index is 0.0305. The van der Waals surface area contributed by atoms with Crippen molar-refractivity contribution in [3.8, 4) is 5.75 Å². The number of rotatable bonds is 7. The summed E-state index contributed by atoms with van der Waals surface area (Å²) in [5.74, 6) is -1.70. The van der Waals surface area contributed by atoms with E-state index in [0.29, 0.717) is 5.69 Å². The number of halogens is 2. The summed E-state index contributed by atoms with van der Waals surface area (Å²) in [4.78, 5) is 36.0. The highest BCUT2D eigenvalue weighted by Crippen LogP contribution is 2.29. The topological polar surface area (TPSA) is 120 Å². The lowest BCUT2D eigenvalue weighted by molar-refractivity contribution is -0.126. The number of hydrogen-bond donors (Lipinski definition) is 3. The lowest BCUT2D eigenvalue weighted by Crippen LogP contribution is -2.35. The summed E-state index contributed by atoms with van der Waals surface area (Å²) in [5.41, 5.74) is 7.43. The van der Waals surface area contributed by atoms with Crippen molar-refractivity contribution >= 4 is 56.7 Å². The zero-order valence-corrected chi connectivity index (χ0v) is 18.0. The zero-order valence-electron chi connectivity index (χ0n) is 15.7. The molecule has 0 saturated carbocycles. The van der Waals surface area contributed by atoms with Crippen LogP contribution in [0.3, 0.4) is 0 Å². The number of nitrogens with two attached hydrogens (primary N) is 1. The molecular formula is C19H19BrClN3O5. The molecule has 0 bridgehead atoms. The number of carbonyl (C=O) groups excluding carboxylic acids is 3. The van der Waals surface area contributed by atoms with E-state index in [1.54, 1.807) is 12.1 Å². The van der Waals surface area contributed by atoms with Crippen LogP contribution in [0.2, 0.25) is 5.02 Å². The fraction of sp³-hybridized carbons (Fsp3) is 0.211. The summed E-state index contributed by atoms with van der Waals surface area (Å²) in [5, 5.41) is 5.21. The first-order valence-corrected chi connectivity index (χ1v) is 9.51. The molecule has 0 radical (unpaired) electrons. The Hall–Kier alpha value is -2.78. The zero-order chi connectivity index (χ0) is 21.6. The van der Waals surface area contributed by atoms with Crippen LogP contribution in [0.1, 0.15) is 15.9 Å². The van der Waals surface area contributed by atoms with Gasteiger partial charge >= 0.3 is 5.97 Å². The number of aryl methyl sites for hydroxylation is 1. The summed E-state index contributed by atoms with van der Waals surface area (Å²) in [6, 6.07) is 8.06. The van der Waals surface area contributed by atoms with E-state index < -0.39 is 24.4 Å². The van der Waals surface area contributed by atoms with Gasteiger partial charge < -0.3 is 25.8 Å². The van der Waals surface area contributed by atoms with Crippen LogP contribution in [0.4, 0.5) is 11.4 Å². The predicted molar refractivity (Wildman–Crippen MR) is 113 cm³/mol. The summed E-state index contributed by atoms with van der Waals surface area (Å²) in [6.07, 6.45) is 0. The standard InChI is InChI=1S/C19H19BrClN3O5/c1-10-5-11(20)3-4-15(10)24-17(25)8-23-18(26)9-29-19(27)12-6-13(21)14(22)7-16(12)28-2/h3-7H,8-9,22H2,1-2H3,(H,23,26)(H,24,25). The monoisotopic (exact) mass is 483 g/mol. The van der Waals surface area contributed by atoms with E-state index in [-0.39, 0.29) is 28.6 Å². The van der Waals surface area contributed by atoms with Gasteiger partial charge in [0.15, 0.2) is 6.61 Å². The molecule has 29 heavy (non-hydrogen) atoms. The Labute approximate surface area is 180 Å². The van der Waals surface area contributed by atoms with Crippen LogP contribution >= 0.6 is 27.5 Å². The van der Waals surface area contributed by atoms with Gasteiger partial charge in [-0.3, -0.25) is 9.59 Å². The molecule has 0 aromatic heterocycles. The fourth-order valence-electron chi connectivity index (χ4n) is 2.30. The minimum atomic E-state index is -0.811. The number of nitrogen functional groups attached to an aromatic ring is 1. The van der Waals surface area contributed by atoms with Gasteiger partial charge in [-0.1, -0.05) is 27.5 Å². The molecule has 0 saturated heterocycles. The molecule has 8 nitrogen and oxygen atoms in total. The minimum Gasteiger partial charge on any atom is -0.496 e. The Morgan fingerprint density at radius 3 is 2.55 bits per heavy atom.